The summed E-state index contributed by atoms with van der Waals surface area (Å²) < 4.78 is 10.8. The number of anilines is 2. The fraction of sp³-hybridized carbons (Fsp3) is 0.250. The summed E-state index contributed by atoms with van der Waals surface area (Å²) in [6.45, 7) is 6.89. The van der Waals surface area contributed by atoms with Crippen molar-refractivity contribution in [2.45, 2.75) is 13.8 Å². The molecule has 4 heterocycles. The van der Waals surface area contributed by atoms with E-state index in [1.54, 1.807) is 19.2 Å². The summed E-state index contributed by atoms with van der Waals surface area (Å²) in [5.41, 5.74) is 5.10. The Bertz CT molecular complexity index is 1260. The van der Waals surface area contributed by atoms with Gasteiger partial charge in [-0.2, -0.15) is 0 Å². The van der Waals surface area contributed by atoms with Gasteiger partial charge in [0.2, 0.25) is 0 Å². The van der Waals surface area contributed by atoms with Gasteiger partial charge < -0.3 is 19.5 Å². The van der Waals surface area contributed by atoms with E-state index in [4.69, 9.17) is 9.26 Å². The monoisotopic (exact) mass is 429 g/mol. The van der Waals surface area contributed by atoms with Crippen molar-refractivity contribution >= 4 is 28.5 Å². The molecule has 0 bridgehead atoms. The molecule has 1 aliphatic rings. The molecular formula is C24H23N5O3. The molecule has 5 rings (SSSR count). The van der Waals surface area contributed by atoms with Gasteiger partial charge in [-0.1, -0.05) is 35.0 Å². The molecule has 1 amide bonds. The first-order valence-electron chi connectivity index (χ1n) is 10.5. The number of morpholine rings is 1. The lowest BCUT2D eigenvalue weighted by molar-refractivity contribution is 0.102. The number of benzene rings is 1. The van der Waals surface area contributed by atoms with Gasteiger partial charge in [-0.3, -0.25) is 4.79 Å². The lowest BCUT2D eigenvalue weighted by atomic mass is 10.0. The number of amides is 1. The summed E-state index contributed by atoms with van der Waals surface area (Å²) in [7, 11) is 0. The number of hydrogen-bond donors (Lipinski definition) is 1. The number of pyridine rings is 2. The highest BCUT2D eigenvalue weighted by atomic mass is 16.5. The molecule has 1 aromatic carbocycles. The first-order valence-corrected chi connectivity index (χ1v) is 10.5. The van der Waals surface area contributed by atoms with Gasteiger partial charge in [-0.05, 0) is 32.0 Å². The van der Waals surface area contributed by atoms with Crippen LogP contribution in [0.25, 0.3) is 22.4 Å². The lowest BCUT2D eigenvalue weighted by Gasteiger charge is -2.28. The van der Waals surface area contributed by atoms with Crippen molar-refractivity contribution < 1.29 is 14.1 Å². The molecule has 1 aliphatic heterocycles. The minimum atomic E-state index is -0.288. The molecule has 1 fully saturated rings. The molecule has 0 saturated carbocycles. The van der Waals surface area contributed by atoms with Crippen molar-refractivity contribution in [2.24, 2.45) is 0 Å². The molecule has 1 N–H and O–H groups in total. The van der Waals surface area contributed by atoms with E-state index >= 15 is 0 Å². The Morgan fingerprint density at radius 2 is 1.84 bits per heavy atom. The topological polar surface area (TPSA) is 93.4 Å². The molecule has 32 heavy (non-hydrogen) atoms. The molecule has 0 spiro atoms. The van der Waals surface area contributed by atoms with Crippen molar-refractivity contribution in [1.82, 2.24) is 15.1 Å². The third-order valence-corrected chi connectivity index (χ3v) is 5.57. The Balaban J connectivity index is 1.44. The standard InChI is InChI=1S/C24H23N5O3/c1-15-3-5-17(6-4-15)20-13-19(22-16(2)28-32-24(22)26-20)23(30)27-21-8-7-18(14-25-21)29-9-11-31-12-10-29/h3-8,13-14H,9-12H2,1-2H3,(H,25,27,30). The van der Waals surface area contributed by atoms with Crippen LogP contribution >= 0.6 is 0 Å². The van der Waals surface area contributed by atoms with E-state index in [1.165, 1.54) is 0 Å². The molecule has 0 atom stereocenters. The van der Waals surface area contributed by atoms with Crippen molar-refractivity contribution in [3.63, 3.8) is 0 Å². The van der Waals surface area contributed by atoms with Crippen molar-refractivity contribution in [3.05, 3.63) is 65.5 Å². The van der Waals surface area contributed by atoms with Gasteiger partial charge in [0.25, 0.3) is 11.6 Å². The number of nitrogens with zero attached hydrogens (tertiary/aromatic N) is 4. The number of aromatic nitrogens is 3. The normalized spacial score (nSPS) is 14.0. The summed E-state index contributed by atoms with van der Waals surface area (Å²) in [4.78, 5) is 24.4. The number of ether oxygens (including phenoxy) is 1. The molecular weight excluding hydrogens is 406 g/mol. The number of nitrogens with one attached hydrogen (secondary N) is 1. The Morgan fingerprint density at radius 1 is 1.06 bits per heavy atom. The molecule has 1 saturated heterocycles. The quantitative estimate of drug-likeness (QED) is 0.524. The van der Waals surface area contributed by atoms with Crippen LogP contribution in [0.3, 0.4) is 0 Å². The van der Waals surface area contributed by atoms with Crippen molar-refractivity contribution in [3.8, 4) is 11.3 Å². The van der Waals surface area contributed by atoms with Crippen molar-refractivity contribution in [1.29, 1.82) is 0 Å². The smallest absolute Gasteiger partial charge is 0.259 e. The first kappa shape index (κ1) is 20.1. The van der Waals surface area contributed by atoms with Crippen LogP contribution < -0.4 is 10.2 Å². The number of carbonyl (C=O) groups is 1. The number of rotatable bonds is 4. The van der Waals surface area contributed by atoms with Crippen LogP contribution in [0.15, 0.2) is 53.2 Å². The highest BCUT2D eigenvalue weighted by molar-refractivity contribution is 6.12. The van der Waals surface area contributed by atoms with E-state index < -0.39 is 0 Å². The zero-order valence-electron chi connectivity index (χ0n) is 18.0. The van der Waals surface area contributed by atoms with Crippen molar-refractivity contribution in [2.75, 3.05) is 36.5 Å². The van der Waals surface area contributed by atoms with E-state index in [0.717, 1.165) is 29.9 Å². The van der Waals surface area contributed by atoms with E-state index in [1.807, 2.05) is 43.3 Å². The van der Waals surface area contributed by atoms with Crippen LogP contribution in [0.2, 0.25) is 0 Å². The number of aryl methyl sites for hydroxylation is 2. The maximum Gasteiger partial charge on any atom is 0.259 e. The zero-order chi connectivity index (χ0) is 22.1. The average molecular weight is 429 g/mol. The zero-order valence-corrected chi connectivity index (χ0v) is 18.0. The molecule has 0 unspecified atom stereocenters. The largest absolute Gasteiger partial charge is 0.378 e. The SMILES string of the molecule is Cc1ccc(-c2cc(C(=O)Nc3ccc(N4CCOCC4)cn3)c3c(C)noc3n2)cc1. The van der Waals surface area contributed by atoms with E-state index in [-0.39, 0.29) is 5.91 Å². The Hall–Kier alpha value is -3.78. The molecule has 3 aromatic heterocycles. The Kier molecular flexibility index (Phi) is 5.28. The van der Waals surface area contributed by atoms with Gasteiger partial charge in [0.1, 0.15) is 5.82 Å². The van der Waals surface area contributed by atoms with Gasteiger partial charge in [0, 0.05) is 18.7 Å². The summed E-state index contributed by atoms with van der Waals surface area (Å²) in [6.07, 6.45) is 1.77. The summed E-state index contributed by atoms with van der Waals surface area (Å²) >= 11 is 0. The molecule has 0 aliphatic carbocycles. The third-order valence-electron chi connectivity index (χ3n) is 5.57. The second-order valence-electron chi connectivity index (χ2n) is 7.82. The minimum Gasteiger partial charge on any atom is -0.378 e. The number of hydrogen-bond acceptors (Lipinski definition) is 7. The van der Waals surface area contributed by atoms with Crippen LogP contribution in [0.5, 0.6) is 0 Å². The average Bonchev–Trinajstić information content (AvgIpc) is 3.20. The maximum atomic E-state index is 13.2. The predicted octanol–water partition coefficient (Wildman–Crippen LogP) is 3.99. The second-order valence-corrected chi connectivity index (χ2v) is 7.82. The first-order chi connectivity index (χ1) is 15.6. The van der Waals surface area contributed by atoms with Gasteiger partial charge in [0.15, 0.2) is 0 Å². The summed E-state index contributed by atoms with van der Waals surface area (Å²) in [5.74, 6) is 0.187. The summed E-state index contributed by atoms with van der Waals surface area (Å²) in [5, 5.41) is 7.50. The lowest BCUT2D eigenvalue weighted by Crippen LogP contribution is -2.36. The molecule has 4 aromatic rings. The maximum absolute atomic E-state index is 13.2. The van der Waals surface area contributed by atoms with E-state index in [9.17, 15) is 4.79 Å². The van der Waals surface area contributed by atoms with Crippen LogP contribution in [0.4, 0.5) is 11.5 Å². The Morgan fingerprint density at radius 3 is 2.56 bits per heavy atom. The Labute approximate surface area is 185 Å². The van der Waals surface area contributed by atoms with Crippen LogP contribution in [-0.2, 0) is 4.74 Å². The van der Waals surface area contributed by atoms with E-state index in [2.05, 4.69) is 25.3 Å². The van der Waals surface area contributed by atoms with Crippen LogP contribution in [0.1, 0.15) is 21.6 Å². The van der Waals surface area contributed by atoms with E-state index in [0.29, 0.717) is 47.1 Å². The fourth-order valence-electron chi connectivity index (χ4n) is 3.80. The van der Waals surface area contributed by atoms with Crippen LogP contribution in [-0.4, -0.2) is 47.3 Å². The molecule has 8 nitrogen and oxygen atoms in total. The van der Waals surface area contributed by atoms with Gasteiger partial charge in [0.05, 0.1) is 47.4 Å². The third kappa shape index (κ3) is 3.92. The van der Waals surface area contributed by atoms with Crippen LogP contribution in [0, 0.1) is 13.8 Å². The van der Waals surface area contributed by atoms with Gasteiger partial charge >= 0.3 is 0 Å². The molecule has 8 heteroatoms. The molecule has 162 valence electrons. The minimum absolute atomic E-state index is 0.288. The second kappa shape index (κ2) is 8.39. The fourth-order valence-corrected chi connectivity index (χ4v) is 3.80. The predicted molar refractivity (Wildman–Crippen MR) is 122 cm³/mol. The molecule has 0 radical (unpaired) electrons. The highest BCUT2D eigenvalue weighted by Gasteiger charge is 2.20. The number of carbonyl (C=O) groups excluding carboxylic acids is 1. The number of fused-ring (bicyclic) bond motifs is 1. The van der Waals surface area contributed by atoms with Gasteiger partial charge in [-0.25, -0.2) is 9.97 Å². The van der Waals surface area contributed by atoms with Gasteiger partial charge in [-0.15, -0.1) is 0 Å². The highest BCUT2D eigenvalue weighted by Crippen LogP contribution is 2.28. The summed E-state index contributed by atoms with van der Waals surface area (Å²) in [6, 6.07) is 13.5.